The van der Waals surface area contributed by atoms with Crippen molar-refractivity contribution in [1.29, 1.82) is 0 Å². The van der Waals surface area contributed by atoms with Crippen molar-refractivity contribution in [2.24, 2.45) is 10.9 Å². The highest BCUT2D eigenvalue weighted by molar-refractivity contribution is 7.92. The third kappa shape index (κ3) is 7.86. The molecule has 69 heavy (non-hydrogen) atoms. The summed E-state index contributed by atoms with van der Waals surface area (Å²) >= 11 is 0. The normalized spacial score (nSPS) is 21.9. The summed E-state index contributed by atoms with van der Waals surface area (Å²) < 4.78 is 69.1. The van der Waals surface area contributed by atoms with E-state index in [0.29, 0.717) is 107 Å². The molecule has 1 saturated heterocycles. The van der Waals surface area contributed by atoms with Gasteiger partial charge in [0, 0.05) is 72.7 Å². The van der Waals surface area contributed by atoms with Crippen molar-refractivity contribution in [2.45, 2.75) is 91.1 Å². The van der Waals surface area contributed by atoms with Crippen molar-refractivity contribution < 1.29 is 36.8 Å². The molecule has 3 aliphatic heterocycles. The second-order valence-electron chi connectivity index (χ2n) is 19.0. The summed E-state index contributed by atoms with van der Waals surface area (Å²) in [6.45, 7) is 12.6. The van der Waals surface area contributed by atoms with E-state index in [4.69, 9.17) is 14.7 Å². The highest BCUT2D eigenvalue weighted by atomic mass is 32.2. The van der Waals surface area contributed by atoms with Crippen molar-refractivity contribution in [3.05, 3.63) is 117 Å². The summed E-state index contributed by atoms with van der Waals surface area (Å²) in [5.74, 6) is 0.517. The maximum absolute atomic E-state index is 15.6. The Morgan fingerprint density at radius 2 is 1.70 bits per heavy atom. The molecule has 0 bridgehead atoms. The lowest BCUT2D eigenvalue weighted by Crippen LogP contribution is -2.43. The number of aryl methyl sites for hydroxylation is 2. The largest absolute Gasteiger partial charge is 0.381 e. The number of hydrogen-bond donors (Lipinski definition) is 3. The number of benzene rings is 3. The Kier molecular flexibility index (Phi) is 11.7. The van der Waals surface area contributed by atoms with Crippen LogP contribution in [0.4, 0.5) is 10.1 Å². The van der Waals surface area contributed by atoms with Crippen LogP contribution in [0.5, 0.6) is 0 Å². The van der Waals surface area contributed by atoms with Gasteiger partial charge < -0.3 is 23.9 Å². The van der Waals surface area contributed by atoms with Crippen LogP contribution in [0, 0.1) is 25.6 Å². The molecule has 1 unspecified atom stereocenters. The quantitative estimate of drug-likeness (QED) is 0.114. The maximum atomic E-state index is 15.6. The van der Waals surface area contributed by atoms with Crippen LogP contribution in [0.1, 0.15) is 97.4 Å². The number of aromatic nitrogens is 5. The van der Waals surface area contributed by atoms with Gasteiger partial charge in [0.25, 0.3) is 12.3 Å². The number of hydrogen-bond acceptors (Lipinski definition) is 11. The van der Waals surface area contributed by atoms with Gasteiger partial charge in [0.1, 0.15) is 30.0 Å². The summed E-state index contributed by atoms with van der Waals surface area (Å²) in [6.07, 6.45) is 6.18. The van der Waals surface area contributed by atoms with Crippen molar-refractivity contribution in [3.8, 4) is 17.2 Å². The zero-order valence-electron chi connectivity index (χ0n) is 39.7. The molecule has 364 valence electrons. The minimum Gasteiger partial charge on any atom is -0.381 e. The minimum atomic E-state index is -3.81. The average molecular weight is 982 g/mol. The fourth-order valence-electron chi connectivity index (χ4n) is 10.9. The molecular formula is C49H57FN9O8PS. The number of carbonyl (C=O) groups excluding carboxylic acids is 1. The van der Waals surface area contributed by atoms with Gasteiger partial charge in [0.15, 0.2) is 5.84 Å². The number of ether oxygens (including phenoxy) is 1. The molecule has 0 radical (unpaired) electrons. The SMILES string of the molecule is CCP(=O)(CC)c1ccc(-n2ccn(-c3c4c(nn3-c3cc(C)c(F)c(C)c3)CCN(C(=O)c3cc5cc(C6CCOCC6)ccc5n3[C@@]3(C5=NC(O)ON5)C[C@@H]3C)[C@H]4C)c2=O)cc1NS(C)(=O)=O. The summed E-state index contributed by atoms with van der Waals surface area (Å²) in [7, 11) is -6.79. The number of amidine groups is 1. The third-order valence-corrected chi connectivity index (χ3v) is 18.6. The van der Waals surface area contributed by atoms with Crippen LogP contribution < -0.4 is 21.2 Å². The number of rotatable bonds is 12. The number of nitrogens with one attached hydrogen (secondary N) is 2. The predicted octanol–water partition coefficient (Wildman–Crippen LogP) is 6.52. The number of aliphatic hydroxyl groups excluding tert-OH is 1. The van der Waals surface area contributed by atoms with Gasteiger partial charge >= 0.3 is 5.69 Å². The molecule has 1 amide bonds. The lowest BCUT2D eigenvalue weighted by molar-refractivity contribution is -0.103. The number of imidazole rings is 1. The van der Waals surface area contributed by atoms with E-state index >= 15 is 9.18 Å². The first-order chi connectivity index (χ1) is 32.9. The van der Waals surface area contributed by atoms with E-state index in [-0.39, 0.29) is 23.3 Å². The number of nitrogens with zero attached hydrogens (tertiary/aromatic N) is 7. The van der Waals surface area contributed by atoms with Gasteiger partial charge in [-0.05, 0) is 117 Å². The number of amides is 1. The first-order valence-electron chi connectivity index (χ1n) is 23.5. The second-order valence-corrected chi connectivity index (χ2v) is 24.2. The Morgan fingerprint density at radius 3 is 2.33 bits per heavy atom. The number of aliphatic imine (C=N–C) groups is 1. The first-order valence-corrected chi connectivity index (χ1v) is 27.5. The molecule has 4 atom stereocenters. The highest BCUT2D eigenvalue weighted by Crippen LogP contribution is 2.54. The van der Waals surface area contributed by atoms with Crippen molar-refractivity contribution in [1.82, 2.24) is 33.9 Å². The smallest absolute Gasteiger partial charge is 0.338 e. The number of hydroxylamine groups is 1. The zero-order chi connectivity index (χ0) is 48.9. The summed E-state index contributed by atoms with van der Waals surface area (Å²) in [4.78, 5) is 42.0. The molecule has 3 N–H and O–H groups in total. The summed E-state index contributed by atoms with van der Waals surface area (Å²) in [6, 6.07) is 15.8. The molecule has 1 aliphatic carbocycles. The van der Waals surface area contributed by atoms with E-state index in [2.05, 4.69) is 44.9 Å². The van der Waals surface area contributed by atoms with Gasteiger partial charge in [0.05, 0.1) is 35.1 Å². The lowest BCUT2D eigenvalue weighted by atomic mass is 9.91. The number of anilines is 1. The van der Waals surface area contributed by atoms with E-state index in [1.807, 2.05) is 13.0 Å². The molecular weight excluding hydrogens is 925 g/mol. The van der Waals surface area contributed by atoms with E-state index in [9.17, 15) is 22.9 Å². The van der Waals surface area contributed by atoms with Gasteiger partial charge in [-0.15, -0.1) is 0 Å². The highest BCUT2D eigenvalue weighted by Gasteiger charge is 2.60. The van der Waals surface area contributed by atoms with Gasteiger partial charge in [0.2, 0.25) is 10.0 Å². The minimum absolute atomic E-state index is 0.0287. The molecule has 2 fully saturated rings. The van der Waals surface area contributed by atoms with Crippen LogP contribution in [-0.4, -0.2) is 98.4 Å². The Morgan fingerprint density at radius 1 is 1.00 bits per heavy atom. The Labute approximate surface area is 399 Å². The summed E-state index contributed by atoms with van der Waals surface area (Å²) in [5, 5.41) is 16.7. The van der Waals surface area contributed by atoms with Crippen molar-refractivity contribution in [2.75, 3.05) is 43.1 Å². The summed E-state index contributed by atoms with van der Waals surface area (Å²) in [5.41, 5.74) is 6.97. The van der Waals surface area contributed by atoms with E-state index < -0.39 is 40.8 Å². The van der Waals surface area contributed by atoms with E-state index in [1.54, 1.807) is 73.9 Å². The van der Waals surface area contributed by atoms with Gasteiger partial charge in [-0.25, -0.2) is 37.6 Å². The molecule has 6 heterocycles. The number of carbonyl (C=O) groups is 1. The third-order valence-electron chi connectivity index (χ3n) is 14.7. The monoisotopic (exact) mass is 981 g/mol. The molecule has 6 aromatic rings. The number of fused-ring (bicyclic) bond motifs is 2. The Balaban J connectivity index is 1.11. The fourth-order valence-corrected chi connectivity index (χ4v) is 13.6. The van der Waals surface area contributed by atoms with Gasteiger partial charge in [-0.2, -0.15) is 5.10 Å². The van der Waals surface area contributed by atoms with Crippen LogP contribution in [0.3, 0.4) is 0 Å². The molecule has 1 saturated carbocycles. The van der Waals surface area contributed by atoms with Crippen LogP contribution in [0.25, 0.3) is 28.1 Å². The number of sulfonamides is 1. The maximum Gasteiger partial charge on any atom is 0.338 e. The van der Waals surface area contributed by atoms with Crippen molar-refractivity contribution >= 4 is 50.8 Å². The van der Waals surface area contributed by atoms with E-state index in [0.717, 1.165) is 30.0 Å². The standard InChI is InChI=1S/C49H57FN9O8PS/c1-8-68(63,9-2)41-13-11-35(26-38(41)54-69(7,64)65)56-18-19-57(48(56)62)44-42-31(6)55(17-14-37(42)52-59(44)36-22-28(3)43(50)29(4)23-36)45(60)40-25-34-24-33(32-15-20-66-21-16-32)10-12-39(34)58(40)49(27-30(49)5)46-51-47(61)67-53-46/h10-13,18-19,22-26,30-32,47,54,61H,8-9,14-17,20-21,27H2,1-7H3,(H,51,53)/t30-,31-,47?,49-/m0/s1. The van der Waals surface area contributed by atoms with Crippen molar-refractivity contribution in [3.63, 3.8) is 0 Å². The Hall–Kier alpha value is -5.85. The second kappa shape index (κ2) is 17.2. The molecule has 3 aromatic heterocycles. The van der Waals surface area contributed by atoms with Crippen LogP contribution in [-0.2, 0) is 36.1 Å². The topological polar surface area (TPSA) is 196 Å². The first kappa shape index (κ1) is 46.9. The predicted molar refractivity (Wildman–Crippen MR) is 262 cm³/mol. The fraction of sp³-hybridized carbons (Fsp3) is 0.429. The average Bonchev–Trinajstić information content (AvgIpc) is 3.82. The van der Waals surface area contributed by atoms with Gasteiger partial charge in [-0.1, -0.05) is 26.8 Å². The van der Waals surface area contributed by atoms with E-state index in [1.165, 1.54) is 20.8 Å². The van der Waals surface area contributed by atoms with Crippen LogP contribution >= 0.6 is 7.14 Å². The van der Waals surface area contributed by atoms with Crippen LogP contribution in [0.15, 0.2) is 76.8 Å². The molecule has 3 aromatic carbocycles. The Bertz CT molecular complexity index is 3300. The number of aliphatic hydroxyl groups is 1. The number of halogens is 1. The molecule has 0 spiro atoms. The zero-order valence-corrected chi connectivity index (χ0v) is 41.4. The molecule has 10 rings (SSSR count). The molecule has 20 heteroatoms. The molecule has 4 aliphatic rings. The van der Waals surface area contributed by atoms with Crippen LogP contribution in [0.2, 0.25) is 0 Å². The molecule has 17 nitrogen and oxygen atoms in total. The lowest BCUT2D eigenvalue weighted by Gasteiger charge is -2.34. The van der Waals surface area contributed by atoms with Gasteiger partial charge in [-0.3, -0.25) is 18.7 Å².